The number of halogens is 1. The molecule has 1 aromatic carbocycles. The molecule has 0 fully saturated rings. The first-order chi connectivity index (χ1) is 15.5. The molecule has 2 aromatic rings. The molecule has 1 unspecified atom stereocenters. The van der Waals surface area contributed by atoms with Crippen LogP contribution in [0.3, 0.4) is 0 Å². The van der Waals surface area contributed by atoms with E-state index in [1.807, 2.05) is 0 Å². The zero-order valence-corrected chi connectivity index (χ0v) is 19.2. The molecule has 0 bridgehead atoms. The third-order valence-corrected chi connectivity index (χ3v) is 5.68. The van der Waals surface area contributed by atoms with Gasteiger partial charge in [0, 0.05) is 13.2 Å². The highest BCUT2D eigenvalue weighted by molar-refractivity contribution is 7.90. The number of carbonyl (C=O) groups excluding carboxylic acids is 3. The second kappa shape index (κ2) is 9.14. The van der Waals surface area contributed by atoms with E-state index in [0.717, 1.165) is 18.4 Å². The number of methoxy groups -OCH3 is 1. The maximum absolute atomic E-state index is 14.1. The summed E-state index contributed by atoms with van der Waals surface area (Å²) in [6.45, 7) is 3.11. The highest BCUT2D eigenvalue weighted by atomic mass is 32.2. The maximum atomic E-state index is 14.1. The van der Waals surface area contributed by atoms with Gasteiger partial charge in [-0.2, -0.15) is 0 Å². The van der Waals surface area contributed by atoms with E-state index in [2.05, 4.69) is 10.3 Å². The van der Waals surface area contributed by atoms with Crippen LogP contribution in [0, 0.1) is 5.82 Å². The van der Waals surface area contributed by atoms with Gasteiger partial charge in [-0.1, -0.05) is 0 Å². The van der Waals surface area contributed by atoms with Crippen LogP contribution in [0.4, 0.5) is 10.1 Å². The SMILES string of the molecule is CCOc1nc(C(CS(C)(=O)=O)N2C(=O)c3cc(F)cc(NC(C)=O)c3C2=O)ccc1OC. The largest absolute Gasteiger partial charge is 0.491 e. The average molecular weight is 479 g/mol. The van der Waals surface area contributed by atoms with Gasteiger partial charge in [0.25, 0.3) is 17.7 Å². The number of anilines is 1. The maximum Gasteiger partial charge on any atom is 0.264 e. The van der Waals surface area contributed by atoms with E-state index >= 15 is 0 Å². The number of aromatic nitrogens is 1. The summed E-state index contributed by atoms with van der Waals surface area (Å²) in [5.74, 6) is -3.53. The Kier molecular flexibility index (Phi) is 6.68. The van der Waals surface area contributed by atoms with Crippen LogP contribution < -0.4 is 14.8 Å². The smallest absolute Gasteiger partial charge is 0.264 e. The van der Waals surface area contributed by atoms with Gasteiger partial charge in [0.2, 0.25) is 5.91 Å². The number of hydrogen-bond donors (Lipinski definition) is 1. The van der Waals surface area contributed by atoms with Crippen molar-refractivity contribution in [3.8, 4) is 11.6 Å². The van der Waals surface area contributed by atoms with Crippen LogP contribution in [0.25, 0.3) is 0 Å². The second-order valence-electron chi connectivity index (χ2n) is 7.32. The molecule has 1 aliphatic heterocycles. The molecule has 33 heavy (non-hydrogen) atoms. The quantitative estimate of drug-likeness (QED) is 0.569. The number of ether oxygens (including phenoxy) is 2. The molecular formula is C21H22FN3O7S. The fourth-order valence-corrected chi connectivity index (χ4v) is 4.42. The number of carbonyl (C=O) groups is 3. The standard InChI is InChI=1S/C21H22FN3O7S/c1-5-32-19-17(31-3)7-6-14(24-19)16(10-33(4,29)30)25-20(27)13-8-12(22)9-15(23-11(2)26)18(13)21(25)28/h6-9,16H,5,10H2,1-4H3,(H,23,26). The predicted octanol–water partition coefficient (Wildman–Crippen LogP) is 1.97. The van der Waals surface area contributed by atoms with E-state index in [-0.39, 0.29) is 40.7 Å². The number of sulfone groups is 1. The van der Waals surface area contributed by atoms with Crippen molar-refractivity contribution < 1.29 is 36.7 Å². The highest BCUT2D eigenvalue weighted by Crippen LogP contribution is 2.37. The molecule has 1 atom stereocenters. The van der Waals surface area contributed by atoms with Crippen LogP contribution in [-0.4, -0.2) is 61.7 Å². The average Bonchev–Trinajstić information content (AvgIpc) is 2.95. The van der Waals surface area contributed by atoms with Crippen LogP contribution in [0.15, 0.2) is 24.3 Å². The van der Waals surface area contributed by atoms with Gasteiger partial charge < -0.3 is 14.8 Å². The van der Waals surface area contributed by atoms with Gasteiger partial charge in [0.15, 0.2) is 5.75 Å². The van der Waals surface area contributed by atoms with Crippen LogP contribution in [0.5, 0.6) is 11.6 Å². The fourth-order valence-electron chi connectivity index (χ4n) is 3.52. The summed E-state index contributed by atoms with van der Waals surface area (Å²) in [6.07, 6.45) is 0.952. The lowest BCUT2D eigenvalue weighted by Gasteiger charge is -2.26. The molecule has 1 aliphatic rings. The summed E-state index contributed by atoms with van der Waals surface area (Å²) in [4.78, 5) is 43.0. The van der Waals surface area contributed by atoms with Gasteiger partial charge in [-0.25, -0.2) is 17.8 Å². The first kappa shape index (κ1) is 24.1. The molecule has 0 saturated carbocycles. The van der Waals surface area contributed by atoms with E-state index < -0.39 is 45.2 Å². The van der Waals surface area contributed by atoms with E-state index in [0.29, 0.717) is 4.90 Å². The van der Waals surface area contributed by atoms with Crippen molar-refractivity contribution in [3.05, 3.63) is 46.9 Å². The first-order valence-electron chi connectivity index (χ1n) is 9.81. The lowest BCUT2D eigenvalue weighted by Crippen LogP contribution is -2.38. The summed E-state index contributed by atoms with van der Waals surface area (Å²) >= 11 is 0. The Morgan fingerprint density at radius 2 is 1.94 bits per heavy atom. The van der Waals surface area contributed by atoms with Crippen LogP contribution in [-0.2, 0) is 14.6 Å². The van der Waals surface area contributed by atoms with Gasteiger partial charge in [-0.3, -0.25) is 19.3 Å². The van der Waals surface area contributed by atoms with Gasteiger partial charge in [0.05, 0.1) is 48.0 Å². The molecule has 0 spiro atoms. The number of rotatable bonds is 8. The first-order valence-corrected chi connectivity index (χ1v) is 11.9. The van der Waals surface area contributed by atoms with Crippen LogP contribution in [0.2, 0.25) is 0 Å². The van der Waals surface area contributed by atoms with Crippen molar-refractivity contribution in [2.45, 2.75) is 19.9 Å². The number of hydrogen-bond acceptors (Lipinski definition) is 8. The zero-order valence-electron chi connectivity index (χ0n) is 18.3. The fraction of sp³-hybridized carbons (Fsp3) is 0.333. The molecule has 12 heteroatoms. The van der Waals surface area contributed by atoms with Crippen LogP contribution in [0.1, 0.15) is 46.3 Å². The molecule has 0 radical (unpaired) electrons. The van der Waals surface area contributed by atoms with Crippen molar-refractivity contribution >= 4 is 33.2 Å². The molecule has 176 valence electrons. The normalized spacial score (nSPS) is 14.2. The molecular weight excluding hydrogens is 457 g/mol. The lowest BCUT2D eigenvalue weighted by molar-refractivity contribution is -0.114. The lowest BCUT2D eigenvalue weighted by atomic mass is 10.1. The molecule has 1 N–H and O–H groups in total. The van der Waals surface area contributed by atoms with E-state index in [4.69, 9.17) is 9.47 Å². The summed E-state index contributed by atoms with van der Waals surface area (Å²) < 4.78 is 49.2. The van der Waals surface area contributed by atoms with E-state index in [1.54, 1.807) is 6.92 Å². The summed E-state index contributed by atoms with van der Waals surface area (Å²) in [6, 6.07) is 3.33. The molecule has 0 aliphatic carbocycles. The number of nitrogens with one attached hydrogen (secondary N) is 1. The Bertz CT molecular complexity index is 1250. The third-order valence-electron chi connectivity index (χ3n) is 4.76. The number of fused-ring (bicyclic) bond motifs is 1. The van der Waals surface area contributed by atoms with Gasteiger partial charge in [-0.15, -0.1) is 0 Å². The Labute approximate surface area is 189 Å². The van der Waals surface area contributed by atoms with Crippen molar-refractivity contribution in [1.29, 1.82) is 0 Å². The van der Waals surface area contributed by atoms with Gasteiger partial charge in [0.1, 0.15) is 15.7 Å². The minimum Gasteiger partial charge on any atom is -0.491 e. The monoisotopic (exact) mass is 479 g/mol. The Morgan fingerprint density at radius 1 is 1.24 bits per heavy atom. The molecule has 3 rings (SSSR count). The molecule has 2 heterocycles. The van der Waals surface area contributed by atoms with Crippen molar-refractivity contribution in [2.75, 3.05) is 31.0 Å². The van der Waals surface area contributed by atoms with Gasteiger partial charge in [-0.05, 0) is 31.2 Å². The van der Waals surface area contributed by atoms with Gasteiger partial charge >= 0.3 is 0 Å². The van der Waals surface area contributed by atoms with Crippen molar-refractivity contribution in [3.63, 3.8) is 0 Å². The summed E-state index contributed by atoms with van der Waals surface area (Å²) in [5.41, 5.74) is -0.649. The third kappa shape index (κ3) is 4.95. The summed E-state index contributed by atoms with van der Waals surface area (Å²) in [5, 5.41) is 2.34. The minimum absolute atomic E-state index is 0.0533. The van der Waals surface area contributed by atoms with E-state index in [1.165, 1.54) is 26.2 Å². The zero-order chi connectivity index (χ0) is 24.5. The second-order valence-corrected chi connectivity index (χ2v) is 9.51. The Balaban J connectivity index is 2.16. The number of pyridine rings is 1. The topological polar surface area (TPSA) is 132 Å². The molecule has 3 amide bonds. The van der Waals surface area contributed by atoms with Crippen molar-refractivity contribution in [2.24, 2.45) is 0 Å². The van der Waals surface area contributed by atoms with Crippen molar-refractivity contribution in [1.82, 2.24) is 9.88 Å². The number of nitrogens with zero attached hydrogens (tertiary/aromatic N) is 2. The van der Waals surface area contributed by atoms with Crippen LogP contribution >= 0.6 is 0 Å². The molecule has 10 nitrogen and oxygen atoms in total. The minimum atomic E-state index is -3.72. The Morgan fingerprint density at radius 3 is 2.52 bits per heavy atom. The number of amides is 3. The number of imide groups is 1. The molecule has 0 saturated heterocycles. The Hall–Kier alpha value is -3.54. The number of benzene rings is 1. The van der Waals surface area contributed by atoms with E-state index in [9.17, 15) is 27.2 Å². The predicted molar refractivity (Wildman–Crippen MR) is 116 cm³/mol. The summed E-state index contributed by atoms with van der Waals surface area (Å²) in [7, 11) is -2.32. The highest BCUT2D eigenvalue weighted by Gasteiger charge is 2.44. The molecule has 1 aromatic heterocycles.